The minimum atomic E-state index is 0.545. The molecule has 0 saturated carbocycles. The van der Waals surface area contributed by atoms with Crippen LogP contribution in [0.3, 0.4) is 0 Å². The largest absolute Gasteiger partial charge is 0.468 e. The second-order valence-electron chi connectivity index (χ2n) is 3.88. The zero-order valence-corrected chi connectivity index (χ0v) is 9.63. The van der Waals surface area contributed by atoms with Gasteiger partial charge in [-0.25, -0.2) is 0 Å². The maximum Gasteiger partial charge on any atom is 0.293 e. The lowest BCUT2D eigenvalue weighted by atomic mass is 9.95. The summed E-state index contributed by atoms with van der Waals surface area (Å²) in [6.07, 6.45) is 8.84. The van der Waals surface area contributed by atoms with E-state index in [2.05, 4.69) is 13.8 Å². The van der Waals surface area contributed by atoms with Gasteiger partial charge in [0.1, 0.15) is 0 Å². The fourth-order valence-electron chi connectivity index (χ4n) is 1.70. The maximum absolute atomic E-state index is 9.95. The van der Waals surface area contributed by atoms with Crippen LogP contribution in [0, 0.1) is 5.92 Å². The van der Waals surface area contributed by atoms with Gasteiger partial charge in [0.05, 0.1) is 6.61 Å². The van der Waals surface area contributed by atoms with Gasteiger partial charge in [-0.1, -0.05) is 52.4 Å². The molecule has 0 bridgehead atoms. The van der Waals surface area contributed by atoms with E-state index in [1.165, 1.54) is 38.5 Å². The Bertz CT molecular complexity index is 123. The van der Waals surface area contributed by atoms with Crippen LogP contribution in [-0.4, -0.2) is 13.1 Å². The Morgan fingerprint density at radius 1 is 1.14 bits per heavy atom. The number of hydrogen-bond donors (Lipinski definition) is 0. The fourth-order valence-corrected chi connectivity index (χ4v) is 1.70. The van der Waals surface area contributed by atoms with Gasteiger partial charge in [0, 0.05) is 0 Å². The van der Waals surface area contributed by atoms with Gasteiger partial charge in [0.2, 0.25) is 0 Å². The molecule has 14 heavy (non-hydrogen) atoms. The van der Waals surface area contributed by atoms with Crippen LogP contribution in [0.4, 0.5) is 0 Å². The molecule has 0 aromatic rings. The lowest BCUT2D eigenvalue weighted by Crippen LogP contribution is -2.04. The Morgan fingerprint density at radius 3 is 2.50 bits per heavy atom. The summed E-state index contributed by atoms with van der Waals surface area (Å²) in [5, 5.41) is 0. The number of rotatable bonds is 10. The molecule has 0 aliphatic carbocycles. The monoisotopic (exact) mass is 200 g/mol. The predicted molar refractivity (Wildman–Crippen MR) is 59.2 cm³/mol. The molecule has 84 valence electrons. The Balaban J connectivity index is 3.33. The van der Waals surface area contributed by atoms with Gasteiger partial charge in [0.25, 0.3) is 6.47 Å². The summed E-state index contributed by atoms with van der Waals surface area (Å²) in [4.78, 5) is 9.95. The molecule has 2 nitrogen and oxygen atoms in total. The predicted octanol–water partition coefficient (Wildman–Crippen LogP) is 3.55. The minimum Gasteiger partial charge on any atom is -0.468 e. The van der Waals surface area contributed by atoms with Crippen molar-refractivity contribution in [3.05, 3.63) is 0 Å². The zero-order chi connectivity index (χ0) is 10.6. The van der Waals surface area contributed by atoms with Gasteiger partial charge < -0.3 is 4.74 Å². The molecule has 0 aliphatic heterocycles. The third-order valence-electron chi connectivity index (χ3n) is 2.76. The summed E-state index contributed by atoms with van der Waals surface area (Å²) in [5.41, 5.74) is 0. The van der Waals surface area contributed by atoms with Gasteiger partial charge >= 0.3 is 0 Å². The molecule has 0 heterocycles. The van der Waals surface area contributed by atoms with E-state index in [0.717, 1.165) is 12.3 Å². The van der Waals surface area contributed by atoms with Crippen molar-refractivity contribution in [2.75, 3.05) is 6.61 Å². The van der Waals surface area contributed by atoms with Crippen molar-refractivity contribution in [3.8, 4) is 0 Å². The van der Waals surface area contributed by atoms with Gasteiger partial charge in [-0.2, -0.15) is 0 Å². The molecule has 1 unspecified atom stereocenters. The summed E-state index contributed by atoms with van der Waals surface area (Å²) >= 11 is 0. The van der Waals surface area contributed by atoms with Gasteiger partial charge in [-0.3, -0.25) is 4.79 Å². The first-order valence-electron chi connectivity index (χ1n) is 5.90. The van der Waals surface area contributed by atoms with Crippen molar-refractivity contribution in [3.63, 3.8) is 0 Å². The fraction of sp³-hybridized carbons (Fsp3) is 0.917. The van der Waals surface area contributed by atoms with Crippen LogP contribution in [-0.2, 0) is 9.53 Å². The molecule has 0 rings (SSSR count). The normalized spacial score (nSPS) is 12.4. The Morgan fingerprint density at radius 2 is 1.93 bits per heavy atom. The highest BCUT2D eigenvalue weighted by atomic mass is 16.5. The van der Waals surface area contributed by atoms with Crippen molar-refractivity contribution in [2.24, 2.45) is 5.92 Å². The molecule has 0 N–H and O–H groups in total. The molecule has 0 spiro atoms. The molecule has 0 radical (unpaired) electrons. The highest BCUT2D eigenvalue weighted by molar-refractivity contribution is 5.36. The average Bonchev–Trinajstić information content (AvgIpc) is 2.22. The number of ether oxygens (including phenoxy) is 1. The summed E-state index contributed by atoms with van der Waals surface area (Å²) in [6.45, 7) is 5.58. The topological polar surface area (TPSA) is 26.3 Å². The molecule has 0 aliphatic rings. The third kappa shape index (κ3) is 8.09. The molecule has 1 atom stereocenters. The van der Waals surface area contributed by atoms with Crippen molar-refractivity contribution in [2.45, 2.75) is 58.8 Å². The molecule has 2 heteroatoms. The molecular formula is C12H24O2. The van der Waals surface area contributed by atoms with Crippen LogP contribution in [0.25, 0.3) is 0 Å². The lowest BCUT2D eigenvalue weighted by Gasteiger charge is -2.13. The van der Waals surface area contributed by atoms with Gasteiger partial charge in [-0.15, -0.1) is 0 Å². The molecule has 0 aromatic heterocycles. The molecule has 0 amide bonds. The Kier molecular flexibility index (Phi) is 10.2. The van der Waals surface area contributed by atoms with Crippen LogP contribution in [0.15, 0.2) is 0 Å². The summed E-state index contributed by atoms with van der Waals surface area (Å²) < 4.78 is 4.71. The second kappa shape index (κ2) is 10.6. The molecular weight excluding hydrogens is 176 g/mol. The average molecular weight is 200 g/mol. The van der Waals surface area contributed by atoms with Gasteiger partial charge in [0.15, 0.2) is 0 Å². The first-order chi connectivity index (χ1) is 6.85. The van der Waals surface area contributed by atoms with E-state index in [0.29, 0.717) is 13.1 Å². The van der Waals surface area contributed by atoms with Crippen LogP contribution in [0.5, 0.6) is 0 Å². The number of hydrogen-bond acceptors (Lipinski definition) is 2. The van der Waals surface area contributed by atoms with Crippen molar-refractivity contribution in [1.82, 2.24) is 0 Å². The molecule has 0 aromatic carbocycles. The maximum atomic E-state index is 9.95. The minimum absolute atomic E-state index is 0.545. The van der Waals surface area contributed by atoms with Crippen molar-refractivity contribution < 1.29 is 9.53 Å². The van der Waals surface area contributed by atoms with Crippen LogP contribution < -0.4 is 0 Å². The van der Waals surface area contributed by atoms with Crippen LogP contribution in [0.1, 0.15) is 58.8 Å². The van der Waals surface area contributed by atoms with Crippen molar-refractivity contribution >= 4 is 6.47 Å². The smallest absolute Gasteiger partial charge is 0.293 e. The van der Waals surface area contributed by atoms with E-state index in [1.54, 1.807) is 0 Å². The van der Waals surface area contributed by atoms with Crippen LogP contribution in [0.2, 0.25) is 0 Å². The van der Waals surface area contributed by atoms with E-state index in [1.807, 2.05) is 0 Å². The molecule has 0 saturated heterocycles. The van der Waals surface area contributed by atoms with E-state index < -0.39 is 0 Å². The van der Waals surface area contributed by atoms with E-state index in [-0.39, 0.29) is 0 Å². The number of unbranched alkanes of at least 4 members (excludes halogenated alkanes) is 3. The zero-order valence-electron chi connectivity index (χ0n) is 9.63. The second-order valence-corrected chi connectivity index (χ2v) is 3.88. The number of carbonyl (C=O) groups excluding carboxylic acids is 1. The van der Waals surface area contributed by atoms with E-state index in [9.17, 15) is 4.79 Å². The number of carbonyl (C=O) groups is 1. The van der Waals surface area contributed by atoms with Crippen molar-refractivity contribution in [1.29, 1.82) is 0 Å². The Labute approximate surface area is 88.0 Å². The summed E-state index contributed by atoms with van der Waals surface area (Å²) in [5.74, 6) is 0.742. The first-order valence-corrected chi connectivity index (χ1v) is 5.90. The van der Waals surface area contributed by atoms with Gasteiger partial charge in [-0.05, 0) is 12.3 Å². The quantitative estimate of drug-likeness (QED) is 0.398. The third-order valence-corrected chi connectivity index (χ3v) is 2.76. The summed E-state index contributed by atoms with van der Waals surface area (Å²) in [6, 6.07) is 0. The highest BCUT2D eigenvalue weighted by Crippen LogP contribution is 2.17. The summed E-state index contributed by atoms with van der Waals surface area (Å²) in [7, 11) is 0. The van der Waals surface area contributed by atoms with Crippen LogP contribution >= 0.6 is 0 Å². The molecule has 0 fully saturated rings. The first kappa shape index (κ1) is 13.5. The van der Waals surface area contributed by atoms with E-state index in [4.69, 9.17) is 4.74 Å². The standard InChI is InChI=1S/C12H24O2/c1-3-5-6-7-8-12(4-2)9-10-14-11-13/h11-12H,3-10H2,1-2H3. The Hall–Kier alpha value is -0.530. The highest BCUT2D eigenvalue weighted by Gasteiger charge is 2.05. The lowest BCUT2D eigenvalue weighted by molar-refractivity contribution is -0.129. The van der Waals surface area contributed by atoms with E-state index >= 15 is 0 Å². The SMILES string of the molecule is CCCCCCC(CC)CCOC=O.